The monoisotopic (exact) mass is 365 g/mol. The number of likely N-dealkylation sites (N-methyl/N-ethyl adjacent to an activating group) is 1. The van der Waals surface area contributed by atoms with Crippen LogP contribution in [0.2, 0.25) is 0 Å². The Kier molecular flexibility index (Phi) is 5.61. The molecule has 8 heteroatoms. The quantitative estimate of drug-likeness (QED) is 0.716. The van der Waals surface area contributed by atoms with Gasteiger partial charge in [-0.1, -0.05) is 19.1 Å². The van der Waals surface area contributed by atoms with Crippen LogP contribution in [0.25, 0.3) is 0 Å². The molecule has 3 rings (SSSR count). The lowest BCUT2D eigenvalue weighted by atomic mass is 9.85. The van der Waals surface area contributed by atoms with Crippen molar-refractivity contribution in [2.24, 2.45) is 0 Å². The van der Waals surface area contributed by atoms with E-state index in [0.29, 0.717) is 25.1 Å². The number of nitrogens with zero attached hydrogens (tertiary/aromatic N) is 1. The number of ether oxygens (including phenoxy) is 1. The number of hydrogen-bond acceptors (Lipinski definition) is 4. The highest BCUT2D eigenvalue weighted by Gasteiger charge is 2.35. The van der Waals surface area contributed by atoms with E-state index in [1.165, 1.54) is 6.07 Å². The van der Waals surface area contributed by atoms with Crippen molar-refractivity contribution in [1.29, 1.82) is 0 Å². The first kappa shape index (κ1) is 18.4. The Labute approximate surface area is 151 Å². The molecule has 2 aliphatic rings. The fraction of sp³-hybridized carbons (Fsp3) is 0.556. The molecule has 1 aromatic carbocycles. The van der Waals surface area contributed by atoms with E-state index in [1.54, 1.807) is 12.1 Å². The summed E-state index contributed by atoms with van der Waals surface area (Å²) in [7, 11) is 0. The van der Waals surface area contributed by atoms with Crippen molar-refractivity contribution in [1.82, 2.24) is 15.5 Å². The molecule has 0 spiro atoms. The van der Waals surface area contributed by atoms with E-state index in [-0.39, 0.29) is 36.5 Å². The van der Waals surface area contributed by atoms with E-state index in [4.69, 9.17) is 9.84 Å². The zero-order valence-corrected chi connectivity index (χ0v) is 14.7. The Morgan fingerprint density at radius 1 is 1.35 bits per heavy atom. The van der Waals surface area contributed by atoms with Crippen molar-refractivity contribution in [2.75, 3.05) is 19.7 Å². The van der Waals surface area contributed by atoms with E-state index >= 15 is 0 Å². The van der Waals surface area contributed by atoms with E-state index in [1.807, 2.05) is 11.8 Å². The zero-order valence-electron chi connectivity index (χ0n) is 14.7. The molecule has 3 N–H and O–H groups in total. The number of para-hydroxylation sites is 1. The van der Waals surface area contributed by atoms with Gasteiger partial charge in [-0.2, -0.15) is 0 Å². The highest BCUT2D eigenvalue weighted by molar-refractivity contribution is 5.75. The van der Waals surface area contributed by atoms with E-state index in [2.05, 4.69) is 10.6 Å². The van der Waals surface area contributed by atoms with Crippen molar-refractivity contribution in [3.63, 3.8) is 0 Å². The maximum absolute atomic E-state index is 13.8. The number of amides is 2. The predicted octanol–water partition coefficient (Wildman–Crippen LogP) is 1.89. The lowest BCUT2D eigenvalue weighted by Gasteiger charge is -2.42. The van der Waals surface area contributed by atoms with Crippen molar-refractivity contribution >= 4 is 12.0 Å². The maximum atomic E-state index is 13.8. The van der Waals surface area contributed by atoms with Crippen LogP contribution in [0, 0.1) is 5.82 Å². The second-order valence-electron chi connectivity index (χ2n) is 6.74. The minimum Gasteiger partial charge on any atom is -0.490 e. The van der Waals surface area contributed by atoms with Gasteiger partial charge in [-0.15, -0.1) is 0 Å². The fourth-order valence-electron chi connectivity index (χ4n) is 3.60. The van der Waals surface area contributed by atoms with Crippen LogP contribution < -0.4 is 15.4 Å². The minimum atomic E-state index is -0.841. The molecule has 142 valence electrons. The summed E-state index contributed by atoms with van der Waals surface area (Å²) < 4.78 is 19.2. The van der Waals surface area contributed by atoms with Crippen molar-refractivity contribution in [2.45, 2.75) is 44.3 Å². The molecule has 0 bridgehead atoms. The number of nitrogens with one attached hydrogen (secondary N) is 2. The lowest BCUT2D eigenvalue weighted by molar-refractivity contribution is -0.139. The van der Waals surface area contributed by atoms with Gasteiger partial charge in [0.1, 0.15) is 0 Å². The van der Waals surface area contributed by atoms with Crippen LogP contribution in [0.3, 0.4) is 0 Å². The summed E-state index contributed by atoms with van der Waals surface area (Å²) in [4.78, 5) is 25.0. The van der Waals surface area contributed by atoms with Gasteiger partial charge in [0.2, 0.25) is 0 Å². The third kappa shape index (κ3) is 4.07. The minimum absolute atomic E-state index is 0.0184. The van der Waals surface area contributed by atoms with Gasteiger partial charge in [0.15, 0.2) is 11.6 Å². The van der Waals surface area contributed by atoms with Crippen LogP contribution in [0.5, 0.6) is 5.75 Å². The molecule has 2 amide bonds. The summed E-state index contributed by atoms with van der Waals surface area (Å²) in [5.74, 6) is -1.05. The Morgan fingerprint density at radius 2 is 2.12 bits per heavy atom. The van der Waals surface area contributed by atoms with Gasteiger partial charge in [0.05, 0.1) is 19.2 Å². The summed E-state index contributed by atoms with van der Waals surface area (Å²) in [5.41, 5.74) is 0.650. The predicted molar refractivity (Wildman–Crippen MR) is 92.6 cm³/mol. The van der Waals surface area contributed by atoms with Crippen LogP contribution in [0.15, 0.2) is 18.2 Å². The first-order valence-corrected chi connectivity index (χ1v) is 8.92. The Morgan fingerprint density at radius 3 is 2.81 bits per heavy atom. The molecule has 1 atom stereocenters. The molecule has 0 saturated heterocycles. The van der Waals surface area contributed by atoms with Gasteiger partial charge in [0.25, 0.3) is 0 Å². The second-order valence-corrected chi connectivity index (χ2v) is 6.74. The highest BCUT2D eigenvalue weighted by atomic mass is 19.1. The number of carbonyl (C=O) groups is 2. The molecule has 0 unspecified atom stereocenters. The van der Waals surface area contributed by atoms with Crippen LogP contribution in [-0.4, -0.2) is 53.8 Å². The number of rotatable bonds is 6. The van der Waals surface area contributed by atoms with Gasteiger partial charge < -0.3 is 20.5 Å². The number of urea groups is 1. The molecule has 1 saturated carbocycles. The number of carbonyl (C=O) groups excluding carboxylic acids is 1. The van der Waals surface area contributed by atoms with E-state index in [9.17, 15) is 14.0 Å². The van der Waals surface area contributed by atoms with Crippen molar-refractivity contribution < 1.29 is 23.8 Å². The largest absolute Gasteiger partial charge is 0.490 e. The smallest absolute Gasteiger partial charge is 0.317 e. The van der Waals surface area contributed by atoms with Gasteiger partial charge in [-0.3, -0.25) is 9.69 Å². The highest BCUT2D eigenvalue weighted by Crippen LogP contribution is 2.34. The van der Waals surface area contributed by atoms with Crippen LogP contribution in [0.1, 0.15) is 37.8 Å². The average molecular weight is 365 g/mol. The van der Waals surface area contributed by atoms with Gasteiger partial charge in [-0.25, -0.2) is 9.18 Å². The topological polar surface area (TPSA) is 90.9 Å². The number of benzene rings is 1. The van der Waals surface area contributed by atoms with Gasteiger partial charge in [-0.05, 0) is 25.5 Å². The average Bonchev–Trinajstić information content (AvgIpc) is 2.57. The van der Waals surface area contributed by atoms with E-state index in [0.717, 1.165) is 12.8 Å². The number of fused-ring (bicyclic) bond motifs is 1. The number of carboxylic acid groups (broad SMARTS) is 1. The molecule has 0 aromatic heterocycles. The normalized spacial score (nSPS) is 24.2. The summed E-state index contributed by atoms with van der Waals surface area (Å²) in [6.07, 6.45) is 2.04. The maximum Gasteiger partial charge on any atom is 0.317 e. The molecule has 0 radical (unpaired) electrons. The molecule has 7 nitrogen and oxygen atoms in total. The molecule has 1 aliphatic carbocycles. The second kappa shape index (κ2) is 7.90. The van der Waals surface area contributed by atoms with Crippen molar-refractivity contribution in [3.05, 3.63) is 29.6 Å². The zero-order chi connectivity index (χ0) is 18.7. The summed E-state index contributed by atoms with van der Waals surface area (Å²) in [5, 5.41) is 14.7. The van der Waals surface area contributed by atoms with Gasteiger partial charge >= 0.3 is 12.0 Å². The molecule has 1 aliphatic heterocycles. The number of halogens is 1. The Hall–Kier alpha value is -2.35. The third-order valence-electron chi connectivity index (χ3n) is 5.04. The standard InChI is InChI=1S/C18H24FN3O4/c1-2-22(10-16(23)24)12-8-11(9-12)20-18(25)21-15-6-7-26-17-13(15)4-3-5-14(17)19/h3-5,11-12,15H,2,6-10H2,1H3,(H,23,24)(H2,20,21,25)/t11?,12?,15-/m0/s1. The third-order valence-corrected chi connectivity index (χ3v) is 5.04. The number of carboxylic acids is 1. The molecular weight excluding hydrogens is 341 g/mol. The summed E-state index contributed by atoms with van der Waals surface area (Å²) >= 11 is 0. The van der Waals surface area contributed by atoms with Crippen LogP contribution in [-0.2, 0) is 4.79 Å². The number of hydrogen-bond donors (Lipinski definition) is 3. The first-order chi connectivity index (χ1) is 12.5. The molecule has 1 aromatic rings. The van der Waals surface area contributed by atoms with Gasteiger partial charge in [0, 0.05) is 24.1 Å². The fourth-order valence-corrected chi connectivity index (χ4v) is 3.60. The molecule has 1 heterocycles. The lowest BCUT2D eigenvalue weighted by Crippen LogP contribution is -2.56. The number of aliphatic carboxylic acids is 1. The van der Waals surface area contributed by atoms with Crippen LogP contribution in [0.4, 0.5) is 9.18 Å². The Bertz CT molecular complexity index is 678. The molecule has 1 fully saturated rings. The Balaban J connectivity index is 1.49. The van der Waals surface area contributed by atoms with E-state index < -0.39 is 11.8 Å². The summed E-state index contributed by atoms with van der Waals surface area (Å²) in [6.45, 7) is 2.97. The molecule has 26 heavy (non-hydrogen) atoms. The first-order valence-electron chi connectivity index (χ1n) is 8.92. The SMILES string of the molecule is CCN(CC(=O)O)C1CC(NC(=O)N[C@H]2CCOc3c(F)cccc32)C1. The molecular formula is C18H24FN3O4. The van der Waals surface area contributed by atoms with Crippen LogP contribution >= 0.6 is 0 Å². The van der Waals surface area contributed by atoms with Crippen molar-refractivity contribution in [3.8, 4) is 5.75 Å². The summed E-state index contributed by atoms with van der Waals surface area (Å²) in [6, 6.07) is 4.32.